The van der Waals surface area contributed by atoms with Crippen molar-refractivity contribution < 1.29 is 13.2 Å². The number of nitrogens with zero attached hydrogens (tertiary/aromatic N) is 5. The van der Waals surface area contributed by atoms with Crippen molar-refractivity contribution in [3.05, 3.63) is 46.7 Å². The molecule has 0 radical (unpaired) electrons. The third kappa shape index (κ3) is 5.17. The monoisotopic (exact) mass is 505 g/mol. The summed E-state index contributed by atoms with van der Waals surface area (Å²) in [4.78, 5) is 13.6. The highest BCUT2D eigenvalue weighted by molar-refractivity contribution is 7.88. The van der Waals surface area contributed by atoms with E-state index in [1.165, 1.54) is 10.6 Å². The second-order valence-electron chi connectivity index (χ2n) is 9.66. The number of rotatable bonds is 8. The number of hydrogen-bond acceptors (Lipinski definition) is 7. The maximum Gasteiger partial charge on any atom is 0.225 e. The van der Waals surface area contributed by atoms with E-state index in [4.69, 9.17) is 16.3 Å². The molecule has 0 amide bonds. The van der Waals surface area contributed by atoms with Crippen LogP contribution in [0.1, 0.15) is 18.1 Å². The molecule has 3 fully saturated rings. The molecule has 1 aromatic carbocycles. The maximum atomic E-state index is 11.7. The quantitative estimate of drug-likeness (QED) is 0.545. The van der Waals surface area contributed by atoms with Gasteiger partial charge in [0.05, 0.1) is 17.9 Å². The van der Waals surface area contributed by atoms with Crippen molar-refractivity contribution in [3.8, 4) is 5.75 Å². The SMILES string of the molecule is CCc1cnc(N2CC3C(COc4ccc(CN5CCN(S(C)(=O)=O)CC5)cc4Cl)C3C2)nc1. The molecule has 34 heavy (non-hydrogen) atoms. The smallest absolute Gasteiger partial charge is 0.225 e. The molecular weight excluding hydrogens is 474 g/mol. The van der Waals surface area contributed by atoms with Crippen LogP contribution in [-0.4, -0.2) is 79.7 Å². The van der Waals surface area contributed by atoms with Crippen LogP contribution < -0.4 is 9.64 Å². The molecule has 0 bridgehead atoms. The summed E-state index contributed by atoms with van der Waals surface area (Å²) in [6.45, 7) is 8.03. The average molecular weight is 506 g/mol. The van der Waals surface area contributed by atoms with Gasteiger partial charge in [-0.05, 0) is 41.5 Å². The Kier molecular flexibility index (Phi) is 6.72. The number of aromatic nitrogens is 2. The van der Waals surface area contributed by atoms with E-state index in [2.05, 4.69) is 32.8 Å². The lowest BCUT2D eigenvalue weighted by Gasteiger charge is -2.33. The number of fused-ring (bicyclic) bond motifs is 1. The summed E-state index contributed by atoms with van der Waals surface area (Å²) < 4.78 is 31.0. The van der Waals surface area contributed by atoms with Crippen LogP contribution >= 0.6 is 11.6 Å². The Hall–Kier alpha value is -1.94. The zero-order chi connectivity index (χ0) is 23.9. The maximum absolute atomic E-state index is 11.7. The number of hydrogen-bond donors (Lipinski definition) is 0. The Balaban J connectivity index is 1.08. The number of benzene rings is 1. The van der Waals surface area contributed by atoms with Crippen molar-refractivity contribution in [2.45, 2.75) is 19.9 Å². The van der Waals surface area contributed by atoms with Gasteiger partial charge in [-0.25, -0.2) is 18.4 Å². The zero-order valence-corrected chi connectivity index (χ0v) is 21.3. The fourth-order valence-electron chi connectivity index (χ4n) is 5.18. The average Bonchev–Trinajstić information content (AvgIpc) is 3.26. The van der Waals surface area contributed by atoms with E-state index in [0.717, 1.165) is 62.0 Å². The topological polar surface area (TPSA) is 78.9 Å². The number of piperazine rings is 1. The van der Waals surface area contributed by atoms with E-state index >= 15 is 0 Å². The number of piperidine rings is 1. The molecule has 1 saturated carbocycles. The minimum atomic E-state index is -3.11. The van der Waals surface area contributed by atoms with Crippen molar-refractivity contribution in [2.24, 2.45) is 17.8 Å². The molecule has 3 heterocycles. The number of aryl methyl sites for hydroxylation is 1. The van der Waals surface area contributed by atoms with Crippen molar-refractivity contribution in [1.29, 1.82) is 0 Å². The summed E-state index contributed by atoms with van der Waals surface area (Å²) in [5.74, 6) is 3.40. The fraction of sp³-hybridized carbons (Fsp3) is 0.583. The molecule has 8 nitrogen and oxygen atoms in total. The third-order valence-electron chi connectivity index (χ3n) is 7.39. The first-order chi connectivity index (χ1) is 16.3. The Morgan fingerprint density at radius 3 is 2.32 bits per heavy atom. The first-order valence-electron chi connectivity index (χ1n) is 12.0. The van der Waals surface area contributed by atoms with Gasteiger partial charge in [-0.1, -0.05) is 24.6 Å². The minimum Gasteiger partial charge on any atom is -0.492 e. The normalized spacial score (nSPS) is 25.4. The van der Waals surface area contributed by atoms with Gasteiger partial charge in [-0.3, -0.25) is 4.90 Å². The molecule has 1 aliphatic carbocycles. The van der Waals surface area contributed by atoms with Crippen LogP contribution in [0.3, 0.4) is 0 Å². The summed E-state index contributed by atoms with van der Waals surface area (Å²) in [6, 6.07) is 5.97. The molecule has 10 heteroatoms. The van der Waals surface area contributed by atoms with Crippen LogP contribution in [0.5, 0.6) is 5.75 Å². The number of halogens is 1. The Morgan fingerprint density at radius 2 is 1.74 bits per heavy atom. The molecule has 2 aromatic rings. The van der Waals surface area contributed by atoms with Crippen molar-refractivity contribution in [2.75, 3.05) is 57.0 Å². The van der Waals surface area contributed by atoms with Crippen LogP contribution in [-0.2, 0) is 23.0 Å². The van der Waals surface area contributed by atoms with Crippen LogP contribution in [0.4, 0.5) is 5.95 Å². The van der Waals surface area contributed by atoms with Crippen LogP contribution in [0.15, 0.2) is 30.6 Å². The van der Waals surface area contributed by atoms with E-state index in [-0.39, 0.29) is 0 Å². The van der Waals surface area contributed by atoms with Gasteiger partial charge in [0.25, 0.3) is 0 Å². The Bertz CT molecular complexity index is 1110. The summed E-state index contributed by atoms with van der Waals surface area (Å²) in [6.07, 6.45) is 6.07. The lowest BCUT2D eigenvalue weighted by atomic mass is 10.2. The minimum absolute atomic E-state index is 0.533. The predicted octanol–water partition coefficient (Wildman–Crippen LogP) is 2.53. The Labute approximate surface area is 206 Å². The number of sulfonamides is 1. The van der Waals surface area contributed by atoms with Gasteiger partial charge in [0.15, 0.2) is 0 Å². The molecule has 2 atom stereocenters. The van der Waals surface area contributed by atoms with E-state index in [1.54, 1.807) is 0 Å². The van der Waals surface area contributed by atoms with Crippen LogP contribution in [0.2, 0.25) is 5.02 Å². The summed E-state index contributed by atoms with van der Waals surface area (Å²) in [5.41, 5.74) is 2.27. The molecule has 2 unspecified atom stereocenters. The molecule has 3 aliphatic rings. The molecule has 2 saturated heterocycles. The summed E-state index contributed by atoms with van der Waals surface area (Å²) >= 11 is 6.53. The summed E-state index contributed by atoms with van der Waals surface area (Å²) in [7, 11) is -3.11. The second-order valence-corrected chi connectivity index (χ2v) is 12.0. The van der Waals surface area contributed by atoms with Gasteiger partial charge in [-0.15, -0.1) is 0 Å². The van der Waals surface area contributed by atoms with Gasteiger partial charge in [0.2, 0.25) is 16.0 Å². The van der Waals surface area contributed by atoms with Crippen molar-refractivity contribution in [1.82, 2.24) is 19.2 Å². The highest BCUT2D eigenvalue weighted by atomic mass is 35.5. The molecule has 2 aliphatic heterocycles. The first-order valence-corrected chi connectivity index (χ1v) is 14.2. The van der Waals surface area contributed by atoms with Gasteiger partial charge in [0, 0.05) is 64.1 Å². The van der Waals surface area contributed by atoms with Crippen molar-refractivity contribution >= 4 is 27.6 Å². The first kappa shape index (κ1) is 23.8. The van der Waals surface area contributed by atoms with E-state index < -0.39 is 10.0 Å². The molecular formula is C24H32ClN5O3S. The molecule has 1 aromatic heterocycles. The van der Waals surface area contributed by atoms with E-state index in [9.17, 15) is 8.42 Å². The van der Waals surface area contributed by atoms with Gasteiger partial charge >= 0.3 is 0 Å². The lowest BCUT2D eigenvalue weighted by Crippen LogP contribution is -2.47. The number of ether oxygens (including phenoxy) is 1. The molecule has 5 rings (SSSR count). The standard InChI is InChI=1S/C24H32ClN5O3S/c1-3-17-11-26-24(27-12-17)29-14-19-20(15-29)21(19)16-33-23-5-4-18(10-22(23)25)13-28-6-8-30(9-7-28)34(2,31)32/h4-5,10-12,19-21H,3,6-9,13-16H2,1-2H3. The second kappa shape index (κ2) is 9.60. The Morgan fingerprint density at radius 1 is 1.06 bits per heavy atom. The zero-order valence-electron chi connectivity index (χ0n) is 19.7. The molecule has 184 valence electrons. The third-order valence-corrected chi connectivity index (χ3v) is 8.99. The predicted molar refractivity (Wildman–Crippen MR) is 133 cm³/mol. The highest BCUT2D eigenvalue weighted by Crippen LogP contribution is 2.52. The van der Waals surface area contributed by atoms with E-state index in [1.807, 2.05) is 24.5 Å². The molecule has 0 spiro atoms. The fourth-order valence-corrected chi connectivity index (χ4v) is 6.26. The largest absolute Gasteiger partial charge is 0.492 e. The van der Waals surface area contributed by atoms with Gasteiger partial charge in [0.1, 0.15) is 5.75 Å². The van der Waals surface area contributed by atoms with Gasteiger partial charge in [-0.2, -0.15) is 4.31 Å². The van der Waals surface area contributed by atoms with Crippen LogP contribution in [0, 0.1) is 17.8 Å². The number of anilines is 1. The summed E-state index contributed by atoms with van der Waals surface area (Å²) in [5, 5.41) is 0.629. The van der Waals surface area contributed by atoms with Gasteiger partial charge < -0.3 is 9.64 Å². The van der Waals surface area contributed by atoms with Crippen LogP contribution in [0.25, 0.3) is 0 Å². The van der Waals surface area contributed by atoms with E-state index in [0.29, 0.717) is 42.5 Å². The highest BCUT2D eigenvalue weighted by Gasteiger charge is 2.56. The van der Waals surface area contributed by atoms with Crippen molar-refractivity contribution in [3.63, 3.8) is 0 Å². The lowest BCUT2D eigenvalue weighted by molar-refractivity contribution is 0.182. The molecule has 0 N–H and O–H groups in total.